The number of nitrogens with one attached hydrogen (secondary N) is 1. The van der Waals surface area contributed by atoms with Crippen LogP contribution in [0.3, 0.4) is 0 Å². The Morgan fingerprint density at radius 1 is 1.41 bits per heavy atom. The molecule has 17 heavy (non-hydrogen) atoms. The Hall–Kier alpha value is -0.160. The van der Waals surface area contributed by atoms with E-state index in [9.17, 15) is 0 Å². The fourth-order valence-corrected chi connectivity index (χ4v) is 2.63. The number of hydrogen-bond acceptors (Lipinski definition) is 4. The number of likely N-dealkylation sites (N-methyl/N-ethyl adjacent to an activating group) is 1. The summed E-state index contributed by atoms with van der Waals surface area (Å²) in [4.78, 5) is 2.44. The zero-order chi connectivity index (χ0) is 12.3. The number of ether oxygens (including phenoxy) is 2. The molecule has 0 bridgehead atoms. The maximum atomic E-state index is 5.65. The number of nitrogens with zero attached hydrogens (tertiary/aromatic N) is 1. The zero-order valence-corrected chi connectivity index (χ0v) is 11.3. The van der Waals surface area contributed by atoms with Gasteiger partial charge in [-0.25, -0.2) is 0 Å². The van der Waals surface area contributed by atoms with Gasteiger partial charge < -0.3 is 14.8 Å². The summed E-state index contributed by atoms with van der Waals surface area (Å²) in [6, 6.07) is 1.76. The van der Waals surface area contributed by atoms with Crippen molar-refractivity contribution in [3.8, 4) is 0 Å². The smallest absolute Gasteiger partial charge is 0.0703 e. The highest BCUT2D eigenvalue weighted by Crippen LogP contribution is 2.22. The normalized spacial score (nSPS) is 31.1. The molecule has 0 aromatic rings. The maximum Gasteiger partial charge on any atom is 0.0703 e. The van der Waals surface area contributed by atoms with E-state index >= 15 is 0 Å². The molecule has 4 nitrogen and oxygen atoms in total. The third-order valence-corrected chi connectivity index (χ3v) is 4.01. The molecule has 0 spiro atoms. The van der Waals surface area contributed by atoms with Gasteiger partial charge in [0.25, 0.3) is 0 Å². The Kier molecular flexibility index (Phi) is 4.79. The average Bonchev–Trinajstić information content (AvgIpc) is 3.05. The van der Waals surface area contributed by atoms with Crippen LogP contribution in [0, 0.1) is 0 Å². The van der Waals surface area contributed by atoms with E-state index in [-0.39, 0.29) is 0 Å². The van der Waals surface area contributed by atoms with Gasteiger partial charge in [0.05, 0.1) is 12.7 Å². The van der Waals surface area contributed by atoms with E-state index in [1.807, 2.05) is 0 Å². The third kappa shape index (κ3) is 3.65. The minimum Gasteiger partial charge on any atom is -0.383 e. The van der Waals surface area contributed by atoms with Crippen molar-refractivity contribution in [2.45, 2.75) is 50.4 Å². The predicted octanol–water partition coefficient (Wildman–Crippen LogP) is 0.863. The van der Waals surface area contributed by atoms with Crippen molar-refractivity contribution >= 4 is 0 Å². The molecule has 1 heterocycles. The summed E-state index contributed by atoms with van der Waals surface area (Å²) < 4.78 is 11.0. The molecule has 1 aliphatic carbocycles. The molecule has 0 amide bonds. The molecule has 1 N–H and O–H groups in total. The summed E-state index contributed by atoms with van der Waals surface area (Å²) in [6.07, 6.45) is 4.17. The van der Waals surface area contributed by atoms with Crippen molar-refractivity contribution in [1.82, 2.24) is 10.2 Å². The number of rotatable bonds is 7. The third-order valence-electron chi connectivity index (χ3n) is 4.01. The minimum atomic E-state index is 0.347. The molecular weight excluding hydrogens is 216 g/mol. The zero-order valence-electron chi connectivity index (χ0n) is 11.3. The van der Waals surface area contributed by atoms with Crippen LogP contribution >= 0.6 is 0 Å². The minimum absolute atomic E-state index is 0.347. The van der Waals surface area contributed by atoms with Gasteiger partial charge in [-0.3, -0.25) is 4.90 Å². The van der Waals surface area contributed by atoms with Crippen LogP contribution in [0.5, 0.6) is 0 Å². The summed E-state index contributed by atoms with van der Waals surface area (Å²) in [7, 11) is 3.99. The first-order chi connectivity index (χ1) is 8.22. The SMILES string of the molecule is COCC(CNC1CC1)N(C)C1CCOC1C. The lowest BCUT2D eigenvalue weighted by molar-refractivity contribution is 0.0404. The fraction of sp³-hybridized carbons (Fsp3) is 1.00. The van der Waals surface area contributed by atoms with Gasteiger partial charge in [0.2, 0.25) is 0 Å². The van der Waals surface area contributed by atoms with Gasteiger partial charge >= 0.3 is 0 Å². The molecule has 0 aromatic heterocycles. The maximum absolute atomic E-state index is 5.65. The standard InChI is InChI=1S/C13H26N2O2/c1-10-13(6-7-17-10)15(2)12(9-16-3)8-14-11-4-5-11/h10-14H,4-9H2,1-3H3. The Morgan fingerprint density at radius 2 is 2.18 bits per heavy atom. The van der Waals surface area contributed by atoms with Crippen molar-refractivity contribution in [3.63, 3.8) is 0 Å². The molecule has 2 fully saturated rings. The molecule has 2 aliphatic rings. The highest BCUT2D eigenvalue weighted by molar-refractivity contribution is 4.88. The lowest BCUT2D eigenvalue weighted by Gasteiger charge is -2.34. The molecule has 4 heteroatoms. The van der Waals surface area contributed by atoms with Gasteiger partial charge in [-0.1, -0.05) is 0 Å². The Balaban J connectivity index is 1.83. The number of hydrogen-bond donors (Lipinski definition) is 1. The first-order valence-electron chi connectivity index (χ1n) is 6.78. The van der Waals surface area contributed by atoms with Crippen LogP contribution in [0.15, 0.2) is 0 Å². The lowest BCUT2D eigenvalue weighted by atomic mass is 10.1. The van der Waals surface area contributed by atoms with Crippen molar-refractivity contribution < 1.29 is 9.47 Å². The van der Waals surface area contributed by atoms with Gasteiger partial charge in [-0.15, -0.1) is 0 Å². The molecule has 3 unspecified atom stereocenters. The van der Waals surface area contributed by atoms with Crippen molar-refractivity contribution in [3.05, 3.63) is 0 Å². The summed E-state index contributed by atoms with van der Waals surface area (Å²) in [5.74, 6) is 0. The van der Waals surface area contributed by atoms with Crippen LogP contribution < -0.4 is 5.32 Å². The first-order valence-corrected chi connectivity index (χ1v) is 6.78. The quantitative estimate of drug-likeness (QED) is 0.718. The second-order valence-electron chi connectivity index (χ2n) is 5.39. The van der Waals surface area contributed by atoms with E-state index in [4.69, 9.17) is 9.47 Å². The summed E-state index contributed by atoms with van der Waals surface area (Å²) in [5, 5.41) is 3.60. The largest absolute Gasteiger partial charge is 0.383 e. The van der Waals surface area contributed by atoms with E-state index in [0.29, 0.717) is 18.2 Å². The van der Waals surface area contributed by atoms with Crippen LogP contribution in [-0.4, -0.2) is 63.0 Å². The van der Waals surface area contributed by atoms with E-state index in [1.54, 1.807) is 7.11 Å². The van der Waals surface area contributed by atoms with Gasteiger partial charge in [0.1, 0.15) is 0 Å². The molecular formula is C13H26N2O2. The summed E-state index contributed by atoms with van der Waals surface area (Å²) in [6.45, 7) is 4.88. The Labute approximate surface area is 105 Å². The molecule has 2 rings (SSSR count). The van der Waals surface area contributed by atoms with Crippen molar-refractivity contribution in [2.24, 2.45) is 0 Å². The van der Waals surface area contributed by atoms with Gasteiger partial charge in [0.15, 0.2) is 0 Å². The van der Waals surface area contributed by atoms with Crippen molar-refractivity contribution in [1.29, 1.82) is 0 Å². The molecule has 1 aliphatic heterocycles. The molecule has 1 saturated carbocycles. The van der Waals surface area contributed by atoms with E-state index in [2.05, 4.69) is 24.2 Å². The van der Waals surface area contributed by atoms with E-state index < -0.39 is 0 Å². The van der Waals surface area contributed by atoms with E-state index in [1.165, 1.54) is 12.8 Å². The van der Waals surface area contributed by atoms with Crippen LogP contribution in [-0.2, 0) is 9.47 Å². The Morgan fingerprint density at radius 3 is 2.71 bits per heavy atom. The second-order valence-corrected chi connectivity index (χ2v) is 5.39. The molecule has 100 valence electrons. The van der Waals surface area contributed by atoms with Crippen LogP contribution in [0.2, 0.25) is 0 Å². The monoisotopic (exact) mass is 242 g/mol. The average molecular weight is 242 g/mol. The van der Waals surface area contributed by atoms with Gasteiger partial charge in [-0.05, 0) is 33.2 Å². The van der Waals surface area contributed by atoms with Gasteiger partial charge in [-0.2, -0.15) is 0 Å². The van der Waals surface area contributed by atoms with E-state index in [0.717, 1.165) is 32.2 Å². The summed E-state index contributed by atoms with van der Waals surface area (Å²) in [5.41, 5.74) is 0. The summed E-state index contributed by atoms with van der Waals surface area (Å²) >= 11 is 0. The molecule has 0 aromatic carbocycles. The van der Waals surface area contributed by atoms with Crippen LogP contribution in [0.1, 0.15) is 26.2 Å². The topological polar surface area (TPSA) is 33.7 Å². The van der Waals surface area contributed by atoms with Gasteiger partial charge in [0, 0.05) is 38.4 Å². The molecule has 1 saturated heterocycles. The van der Waals surface area contributed by atoms with Crippen molar-refractivity contribution in [2.75, 3.05) is 33.9 Å². The molecule has 0 radical (unpaired) electrons. The highest BCUT2D eigenvalue weighted by Gasteiger charge is 2.32. The Bertz CT molecular complexity index is 233. The second kappa shape index (κ2) is 6.14. The first kappa shape index (κ1) is 13.3. The fourth-order valence-electron chi connectivity index (χ4n) is 2.63. The van der Waals surface area contributed by atoms with Crippen LogP contribution in [0.25, 0.3) is 0 Å². The predicted molar refractivity (Wildman–Crippen MR) is 68.3 cm³/mol. The lowest BCUT2D eigenvalue weighted by Crippen LogP contribution is -2.50. The molecule has 3 atom stereocenters. The number of methoxy groups -OCH3 is 1. The highest BCUT2D eigenvalue weighted by atomic mass is 16.5. The van der Waals surface area contributed by atoms with Crippen LogP contribution in [0.4, 0.5) is 0 Å².